The summed E-state index contributed by atoms with van der Waals surface area (Å²) in [6, 6.07) is 12.2. The Morgan fingerprint density at radius 2 is 1.59 bits per heavy atom. The largest absolute Gasteiger partial charge is 0.389 e. The molecule has 3 rings (SSSR count). The Labute approximate surface area is 101 Å². The molecule has 0 saturated carbocycles. The maximum atomic E-state index is 10.6. The van der Waals surface area contributed by atoms with Gasteiger partial charge in [-0.1, -0.05) is 24.3 Å². The normalized spacial score (nSPS) is 16.8. The second-order valence-electron chi connectivity index (χ2n) is 4.88. The zero-order chi connectivity index (χ0) is 11.7. The van der Waals surface area contributed by atoms with Crippen LogP contribution in [-0.4, -0.2) is 15.7 Å². The van der Waals surface area contributed by atoms with E-state index in [4.69, 9.17) is 0 Å². The van der Waals surface area contributed by atoms with Crippen molar-refractivity contribution >= 4 is 0 Å². The second-order valence-corrected chi connectivity index (χ2v) is 4.88. The number of rotatable bonds is 2. The standard InChI is InChI=1S/C15H15NO/c17-15(9-12-5-7-16-8-6-12)10-13-3-1-2-4-14(13)11-15/h1-8,17H,9-11H2. The molecule has 2 aromatic rings. The van der Waals surface area contributed by atoms with Crippen LogP contribution < -0.4 is 0 Å². The Hall–Kier alpha value is -1.67. The van der Waals surface area contributed by atoms with Crippen molar-refractivity contribution in [1.82, 2.24) is 4.98 Å². The average molecular weight is 225 g/mol. The summed E-state index contributed by atoms with van der Waals surface area (Å²) >= 11 is 0. The zero-order valence-electron chi connectivity index (χ0n) is 9.63. The van der Waals surface area contributed by atoms with E-state index in [-0.39, 0.29) is 0 Å². The molecule has 17 heavy (non-hydrogen) atoms. The molecule has 1 aliphatic carbocycles. The molecule has 86 valence electrons. The van der Waals surface area contributed by atoms with Gasteiger partial charge in [0.1, 0.15) is 0 Å². The highest BCUT2D eigenvalue weighted by molar-refractivity contribution is 5.36. The van der Waals surface area contributed by atoms with Crippen molar-refractivity contribution < 1.29 is 5.11 Å². The molecule has 0 atom stereocenters. The highest BCUT2D eigenvalue weighted by Crippen LogP contribution is 2.32. The van der Waals surface area contributed by atoms with Crippen LogP contribution in [-0.2, 0) is 19.3 Å². The smallest absolute Gasteiger partial charge is 0.0768 e. The zero-order valence-corrected chi connectivity index (χ0v) is 9.63. The number of pyridine rings is 1. The second kappa shape index (κ2) is 3.97. The van der Waals surface area contributed by atoms with Gasteiger partial charge >= 0.3 is 0 Å². The Balaban J connectivity index is 1.82. The van der Waals surface area contributed by atoms with Gasteiger partial charge in [-0.05, 0) is 28.8 Å². The molecule has 0 spiro atoms. The topological polar surface area (TPSA) is 33.1 Å². The average Bonchev–Trinajstić information content (AvgIpc) is 2.66. The molecular formula is C15H15NO. The molecule has 0 bridgehead atoms. The molecule has 1 aromatic carbocycles. The number of hydrogen-bond donors (Lipinski definition) is 1. The third-order valence-electron chi connectivity index (χ3n) is 3.44. The highest BCUT2D eigenvalue weighted by atomic mass is 16.3. The highest BCUT2D eigenvalue weighted by Gasteiger charge is 2.34. The number of hydrogen-bond acceptors (Lipinski definition) is 2. The molecule has 1 aliphatic rings. The summed E-state index contributed by atoms with van der Waals surface area (Å²) in [6.07, 6.45) is 5.77. The lowest BCUT2D eigenvalue weighted by atomic mass is 9.92. The van der Waals surface area contributed by atoms with Gasteiger partial charge in [0, 0.05) is 31.7 Å². The predicted molar refractivity (Wildman–Crippen MR) is 66.7 cm³/mol. The first-order chi connectivity index (χ1) is 8.25. The van der Waals surface area contributed by atoms with Gasteiger partial charge in [-0.25, -0.2) is 0 Å². The van der Waals surface area contributed by atoms with Crippen LogP contribution in [0.15, 0.2) is 48.8 Å². The molecule has 0 saturated heterocycles. The lowest BCUT2D eigenvalue weighted by Crippen LogP contribution is -2.32. The van der Waals surface area contributed by atoms with E-state index in [1.54, 1.807) is 12.4 Å². The Morgan fingerprint density at radius 3 is 2.18 bits per heavy atom. The van der Waals surface area contributed by atoms with E-state index in [1.807, 2.05) is 24.3 Å². The summed E-state index contributed by atoms with van der Waals surface area (Å²) < 4.78 is 0. The summed E-state index contributed by atoms with van der Waals surface area (Å²) in [5, 5.41) is 10.6. The fraction of sp³-hybridized carbons (Fsp3) is 0.267. The van der Waals surface area contributed by atoms with Gasteiger partial charge in [-0.15, -0.1) is 0 Å². The van der Waals surface area contributed by atoms with Crippen LogP contribution in [0.25, 0.3) is 0 Å². The van der Waals surface area contributed by atoms with Crippen LogP contribution in [0.2, 0.25) is 0 Å². The van der Waals surface area contributed by atoms with E-state index in [2.05, 4.69) is 17.1 Å². The van der Waals surface area contributed by atoms with Crippen molar-refractivity contribution in [1.29, 1.82) is 0 Å². The van der Waals surface area contributed by atoms with E-state index in [1.165, 1.54) is 11.1 Å². The van der Waals surface area contributed by atoms with Crippen molar-refractivity contribution in [3.05, 3.63) is 65.5 Å². The molecule has 0 aliphatic heterocycles. The minimum absolute atomic E-state index is 0.620. The third kappa shape index (κ3) is 2.08. The maximum absolute atomic E-state index is 10.6. The van der Waals surface area contributed by atoms with Crippen molar-refractivity contribution in [2.75, 3.05) is 0 Å². The van der Waals surface area contributed by atoms with Crippen LogP contribution in [0.3, 0.4) is 0 Å². The van der Waals surface area contributed by atoms with Crippen LogP contribution >= 0.6 is 0 Å². The van der Waals surface area contributed by atoms with Gasteiger partial charge < -0.3 is 5.11 Å². The molecule has 1 N–H and O–H groups in total. The summed E-state index contributed by atoms with van der Waals surface area (Å²) in [6.45, 7) is 0. The Bertz CT molecular complexity index is 496. The first-order valence-electron chi connectivity index (χ1n) is 5.93. The summed E-state index contributed by atoms with van der Waals surface area (Å²) in [5.74, 6) is 0. The summed E-state index contributed by atoms with van der Waals surface area (Å²) in [5.41, 5.74) is 3.09. The first kappa shape index (κ1) is 10.5. The van der Waals surface area contributed by atoms with Crippen molar-refractivity contribution in [2.24, 2.45) is 0 Å². The quantitative estimate of drug-likeness (QED) is 0.849. The van der Waals surface area contributed by atoms with Crippen molar-refractivity contribution in [3.63, 3.8) is 0 Å². The predicted octanol–water partition coefficient (Wildman–Crippen LogP) is 2.15. The first-order valence-corrected chi connectivity index (χ1v) is 5.93. The number of aliphatic hydroxyl groups is 1. The summed E-state index contributed by atoms with van der Waals surface area (Å²) in [7, 11) is 0. The van der Waals surface area contributed by atoms with E-state index >= 15 is 0 Å². The molecule has 0 radical (unpaired) electrons. The van der Waals surface area contributed by atoms with Gasteiger partial charge in [0.2, 0.25) is 0 Å². The number of fused-ring (bicyclic) bond motifs is 1. The molecule has 0 unspecified atom stereocenters. The number of benzene rings is 1. The van der Waals surface area contributed by atoms with Crippen LogP contribution in [0.1, 0.15) is 16.7 Å². The van der Waals surface area contributed by atoms with Gasteiger partial charge in [0.15, 0.2) is 0 Å². The van der Waals surface area contributed by atoms with Crippen LogP contribution in [0.4, 0.5) is 0 Å². The Kier molecular flexibility index (Phi) is 2.45. The van der Waals surface area contributed by atoms with Gasteiger partial charge in [-0.2, -0.15) is 0 Å². The fourth-order valence-corrected chi connectivity index (χ4v) is 2.68. The van der Waals surface area contributed by atoms with Crippen molar-refractivity contribution in [2.45, 2.75) is 24.9 Å². The fourth-order valence-electron chi connectivity index (χ4n) is 2.68. The van der Waals surface area contributed by atoms with Gasteiger partial charge in [0.05, 0.1) is 5.60 Å². The van der Waals surface area contributed by atoms with Gasteiger partial charge in [0.25, 0.3) is 0 Å². The van der Waals surface area contributed by atoms with Crippen molar-refractivity contribution in [3.8, 4) is 0 Å². The monoisotopic (exact) mass is 225 g/mol. The molecule has 1 aromatic heterocycles. The maximum Gasteiger partial charge on any atom is 0.0768 e. The molecule has 0 fully saturated rings. The number of nitrogens with zero attached hydrogens (tertiary/aromatic N) is 1. The molecule has 2 heteroatoms. The third-order valence-corrected chi connectivity index (χ3v) is 3.44. The molecule has 2 nitrogen and oxygen atoms in total. The van der Waals surface area contributed by atoms with E-state index in [0.717, 1.165) is 18.4 Å². The lowest BCUT2D eigenvalue weighted by Gasteiger charge is -2.22. The van der Waals surface area contributed by atoms with E-state index in [0.29, 0.717) is 6.42 Å². The van der Waals surface area contributed by atoms with E-state index < -0.39 is 5.60 Å². The minimum Gasteiger partial charge on any atom is -0.389 e. The van der Waals surface area contributed by atoms with Crippen LogP contribution in [0.5, 0.6) is 0 Å². The van der Waals surface area contributed by atoms with E-state index in [9.17, 15) is 5.11 Å². The van der Waals surface area contributed by atoms with Gasteiger partial charge in [-0.3, -0.25) is 4.98 Å². The minimum atomic E-state index is -0.620. The lowest BCUT2D eigenvalue weighted by molar-refractivity contribution is 0.0518. The molecule has 0 amide bonds. The van der Waals surface area contributed by atoms with Crippen LogP contribution in [0, 0.1) is 0 Å². The molecular weight excluding hydrogens is 210 g/mol. The summed E-state index contributed by atoms with van der Waals surface area (Å²) in [4.78, 5) is 4.00. The number of aromatic nitrogens is 1. The Morgan fingerprint density at radius 1 is 1.00 bits per heavy atom. The molecule has 1 heterocycles. The SMILES string of the molecule is OC1(Cc2ccncc2)Cc2ccccc2C1.